The zero-order valence-corrected chi connectivity index (χ0v) is 21.5. The predicted molar refractivity (Wildman–Crippen MR) is 134 cm³/mol. The minimum absolute atomic E-state index is 0.593. The van der Waals surface area contributed by atoms with Gasteiger partial charge in [-0.3, -0.25) is 0 Å². The Morgan fingerprint density at radius 1 is 0.375 bits per heavy atom. The van der Waals surface area contributed by atoms with Gasteiger partial charge in [-0.1, -0.05) is 84.0 Å². The van der Waals surface area contributed by atoms with E-state index in [-0.39, 0.29) is 0 Å². The van der Waals surface area contributed by atoms with Gasteiger partial charge in [0.05, 0.1) is 59.5 Å². The number of rotatable bonds is 29. The van der Waals surface area contributed by atoms with Gasteiger partial charge in [0, 0.05) is 13.2 Å². The van der Waals surface area contributed by atoms with Crippen molar-refractivity contribution in [2.24, 2.45) is 0 Å². The lowest BCUT2D eigenvalue weighted by molar-refractivity contribution is -0.0109. The molecule has 0 aromatic rings. The van der Waals surface area contributed by atoms with E-state index in [4.69, 9.17) is 23.7 Å². The monoisotopic (exact) mass is 461 g/mol. The smallest absolute Gasteiger partial charge is 0.0701 e. The van der Waals surface area contributed by atoms with Crippen molar-refractivity contribution in [2.75, 3.05) is 79.7 Å². The molecule has 0 saturated carbocycles. The van der Waals surface area contributed by atoms with E-state index < -0.39 is 0 Å². The maximum Gasteiger partial charge on any atom is 0.0701 e. The van der Waals surface area contributed by atoms with Crippen LogP contribution in [0.2, 0.25) is 0 Å². The number of nitrogens with one attached hydrogen (secondary N) is 1. The van der Waals surface area contributed by atoms with Gasteiger partial charge in [0.1, 0.15) is 0 Å². The molecule has 0 amide bonds. The third-order valence-electron chi connectivity index (χ3n) is 5.38. The molecule has 0 saturated heterocycles. The van der Waals surface area contributed by atoms with Gasteiger partial charge in [-0.25, -0.2) is 0 Å². The number of hydrogen-bond donors (Lipinski definition) is 1. The van der Waals surface area contributed by atoms with Crippen LogP contribution >= 0.6 is 0 Å². The summed E-state index contributed by atoms with van der Waals surface area (Å²) in [4.78, 5) is 0. The maximum absolute atomic E-state index is 5.64. The summed E-state index contributed by atoms with van der Waals surface area (Å²) < 4.78 is 27.4. The molecule has 0 spiro atoms. The molecule has 32 heavy (non-hydrogen) atoms. The van der Waals surface area contributed by atoms with Gasteiger partial charge < -0.3 is 29.0 Å². The molecule has 0 aliphatic rings. The molecule has 0 bridgehead atoms. The van der Waals surface area contributed by atoms with Crippen molar-refractivity contribution in [1.82, 2.24) is 5.32 Å². The van der Waals surface area contributed by atoms with E-state index >= 15 is 0 Å². The molecule has 0 aromatic carbocycles. The fourth-order valence-corrected chi connectivity index (χ4v) is 3.38. The van der Waals surface area contributed by atoms with Crippen molar-refractivity contribution in [2.45, 2.75) is 90.4 Å². The molecular formula is C26H55NO5. The molecule has 6 heteroatoms. The fraction of sp³-hybridized carbons (Fsp3) is 1.00. The minimum Gasteiger partial charge on any atom is -0.379 e. The molecular weight excluding hydrogens is 406 g/mol. The van der Waals surface area contributed by atoms with Crippen molar-refractivity contribution >= 4 is 0 Å². The first-order valence-electron chi connectivity index (χ1n) is 13.4. The maximum atomic E-state index is 5.64. The number of ether oxygens (including phenoxy) is 5. The molecule has 0 aromatic heterocycles. The molecule has 6 nitrogen and oxygen atoms in total. The summed E-state index contributed by atoms with van der Waals surface area (Å²) in [6.45, 7) is 9.67. The topological polar surface area (TPSA) is 58.2 Å². The Kier molecular flexibility index (Phi) is 30.5. The minimum atomic E-state index is 0.593. The molecule has 194 valence electrons. The first kappa shape index (κ1) is 31.8. The van der Waals surface area contributed by atoms with E-state index in [0.717, 1.165) is 19.8 Å². The Labute approximate surface area is 199 Å². The Balaban J connectivity index is 2.98. The quantitative estimate of drug-likeness (QED) is 0.151. The summed E-state index contributed by atoms with van der Waals surface area (Å²) in [6.07, 6.45) is 18.0. The highest BCUT2D eigenvalue weighted by molar-refractivity contribution is 4.49. The highest BCUT2D eigenvalue weighted by atomic mass is 16.6. The van der Waals surface area contributed by atoms with Crippen LogP contribution in [0.5, 0.6) is 0 Å². The highest BCUT2D eigenvalue weighted by Gasteiger charge is 1.96. The zero-order chi connectivity index (χ0) is 23.2. The van der Waals surface area contributed by atoms with Crippen LogP contribution in [0.1, 0.15) is 90.4 Å². The Hall–Kier alpha value is -0.240. The van der Waals surface area contributed by atoms with Crippen LogP contribution < -0.4 is 5.32 Å². The highest BCUT2D eigenvalue weighted by Crippen LogP contribution is 2.12. The van der Waals surface area contributed by atoms with Crippen molar-refractivity contribution in [3.8, 4) is 0 Å². The van der Waals surface area contributed by atoms with E-state index in [1.807, 2.05) is 7.05 Å². The standard InChI is InChI=1S/C26H55NO5/c1-3-4-5-6-7-8-9-10-11-12-13-14-15-17-28-19-21-30-23-25-32-26-24-31-22-20-29-18-16-27-2/h27H,3-26H2,1-2H3. The summed E-state index contributed by atoms with van der Waals surface area (Å²) in [7, 11) is 1.91. The average molecular weight is 462 g/mol. The van der Waals surface area contributed by atoms with Crippen LogP contribution in [0.15, 0.2) is 0 Å². The predicted octanol–water partition coefficient (Wildman–Crippen LogP) is 5.38. The molecule has 0 aliphatic carbocycles. The van der Waals surface area contributed by atoms with Gasteiger partial charge in [0.15, 0.2) is 0 Å². The summed E-state index contributed by atoms with van der Waals surface area (Å²) >= 11 is 0. The van der Waals surface area contributed by atoms with Gasteiger partial charge in [0.2, 0.25) is 0 Å². The van der Waals surface area contributed by atoms with Crippen LogP contribution in [0.25, 0.3) is 0 Å². The van der Waals surface area contributed by atoms with E-state index in [2.05, 4.69) is 12.2 Å². The normalized spacial score (nSPS) is 11.4. The van der Waals surface area contributed by atoms with Crippen LogP contribution in [0.3, 0.4) is 0 Å². The largest absolute Gasteiger partial charge is 0.379 e. The lowest BCUT2D eigenvalue weighted by atomic mass is 10.0. The number of unbranched alkanes of at least 4 members (excludes halogenated alkanes) is 12. The Morgan fingerprint density at radius 2 is 0.688 bits per heavy atom. The van der Waals surface area contributed by atoms with E-state index in [1.54, 1.807) is 0 Å². The first-order chi connectivity index (χ1) is 15.9. The fourth-order valence-electron chi connectivity index (χ4n) is 3.38. The molecule has 0 rings (SSSR count). The van der Waals surface area contributed by atoms with Crippen molar-refractivity contribution in [3.63, 3.8) is 0 Å². The van der Waals surface area contributed by atoms with E-state index in [0.29, 0.717) is 52.9 Å². The SMILES string of the molecule is CCCCCCCCCCCCCCCOCCOCCOCCOCCOCCNC. The number of likely N-dealkylation sites (N-methyl/N-ethyl adjacent to an activating group) is 1. The first-order valence-corrected chi connectivity index (χ1v) is 13.4. The number of hydrogen-bond acceptors (Lipinski definition) is 6. The lowest BCUT2D eigenvalue weighted by Gasteiger charge is -2.08. The second-order valence-corrected chi connectivity index (χ2v) is 8.41. The van der Waals surface area contributed by atoms with E-state index in [9.17, 15) is 0 Å². The lowest BCUT2D eigenvalue weighted by Crippen LogP contribution is -2.17. The Morgan fingerprint density at radius 3 is 1.06 bits per heavy atom. The third-order valence-corrected chi connectivity index (χ3v) is 5.38. The van der Waals surface area contributed by atoms with Gasteiger partial charge >= 0.3 is 0 Å². The summed E-state index contributed by atoms with van der Waals surface area (Å²) in [5, 5.41) is 3.03. The van der Waals surface area contributed by atoms with E-state index in [1.165, 1.54) is 83.5 Å². The van der Waals surface area contributed by atoms with Crippen LogP contribution in [-0.4, -0.2) is 79.7 Å². The summed E-state index contributed by atoms with van der Waals surface area (Å²) in [5.74, 6) is 0. The second-order valence-electron chi connectivity index (χ2n) is 8.41. The Bertz CT molecular complexity index is 291. The van der Waals surface area contributed by atoms with Crippen LogP contribution in [0, 0.1) is 0 Å². The van der Waals surface area contributed by atoms with Crippen LogP contribution in [0.4, 0.5) is 0 Å². The average Bonchev–Trinajstić information content (AvgIpc) is 2.81. The van der Waals surface area contributed by atoms with Crippen LogP contribution in [-0.2, 0) is 23.7 Å². The van der Waals surface area contributed by atoms with Gasteiger partial charge in [-0.05, 0) is 13.5 Å². The molecule has 0 atom stereocenters. The van der Waals surface area contributed by atoms with Gasteiger partial charge in [0.25, 0.3) is 0 Å². The molecule has 1 N–H and O–H groups in total. The van der Waals surface area contributed by atoms with Crippen molar-refractivity contribution in [1.29, 1.82) is 0 Å². The second kappa shape index (κ2) is 30.8. The third kappa shape index (κ3) is 29.8. The molecule has 0 fully saturated rings. The molecule has 0 unspecified atom stereocenters. The van der Waals surface area contributed by atoms with Crippen molar-refractivity contribution in [3.05, 3.63) is 0 Å². The van der Waals surface area contributed by atoms with Gasteiger partial charge in [-0.2, -0.15) is 0 Å². The summed E-state index contributed by atoms with van der Waals surface area (Å²) in [5.41, 5.74) is 0. The van der Waals surface area contributed by atoms with Crippen molar-refractivity contribution < 1.29 is 23.7 Å². The molecule has 0 aliphatic heterocycles. The van der Waals surface area contributed by atoms with Gasteiger partial charge in [-0.15, -0.1) is 0 Å². The zero-order valence-electron chi connectivity index (χ0n) is 21.5. The summed E-state index contributed by atoms with van der Waals surface area (Å²) in [6, 6.07) is 0. The molecule has 0 radical (unpaired) electrons. The molecule has 0 heterocycles.